The SMILES string of the molecule is CN(C)CCN(C)c1cc(C(C)(C)C)ccn1. The van der Waals surface area contributed by atoms with Gasteiger partial charge >= 0.3 is 0 Å². The molecule has 0 aromatic carbocycles. The molecule has 0 aliphatic heterocycles. The summed E-state index contributed by atoms with van der Waals surface area (Å²) in [6.07, 6.45) is 1.90. The Morgan fingerprint density at radius 2 is 1.76 bits per heavy atom. The number of nitrogens with zero attached hydrogens (tertiary/aromatic N) is 3. The van der Waals surface area contributed by atoms with E-state index in [1.807, 2.05) is 6.20 Å². The minimum Gasteiger partial charge on any atom is -0.358 e. The summed E-state index contributed by atoms with van der Waals surface area (Å²) in [5.41, 5.74) is 1.51. The molecule has 3 heteroatoms. The predicted molar refractivity (Wildman–Crippen MR) is 74.8 cm³/mol. The van der Waals surface area contributed by atoms with Crippen LogP contribution in [-0.2, 0) is 5.41 Å². The first kappa shape index (κ1) is 14.0. The molecule has 0 N–H and O–H groups in total. The van der Waals surface area contributed by atoms with Crippen LogP contribution in [-0.4, -0.2) is 44.1 Å². The maximum atomic E-state index is 4.44. The van der Waals surface area contributed by atoms with Crippen molar-refractivity contribution in [2.75, 3.05) is 39.1 Å². The van der Waals surface area contributed by atoms with E-state index < -0.39 is 0 Å². The van der Waals surface area contributed by atoms with Crippen LogP contribution in [0.2, 0.25) is 0 Å². The lowest BCUT2D eigenvalue weighted by Crippen LogP contribution is -2.29. The van der Waals surface area contributed by atoms with E-state index in [2.05, 4.69) is 68.8 Å². The lowest BCUT2D eigenvalue weighted by molar-refractivity contribution is 0.416. The molecule has 0 aliphatic carbocycles. The average molecular weight is 235 g/mol. The zero-order chi connectivity index (χ0) is 13.1. The maximum Gasteiger partial charge on any atom is 0.128 e. The molecule has 1 heterocycles. The van der Waals surface area contributed by atoms with E-state index in [-0.39, 0.29) is 5.41 Å². The van der Waals surface area contributed by atoms with Gasteiger partial charge in [-0.2, -0.15) is 0 Å². The molecule has 0 saturated carbocycles. The van der Waals surface area contributed by atoms with Gasteiger partial charge in [-0.3, -0.25) is 0 Å². The summed E-state index contributed by atoms with van der Waals surface area (Å²) in [6.45, 7) is 8.72. The highest BCUT2D eigenvalue weighted by atomic mass is 15.2. The maximum absolute atomic E-state index is 4.44. The normalized spacial score (nSPS) is 11.9. The number of likely N-dealkylation sites (N-methyl/N-ethyl adjacent to an activating group) is 2. The van der Waals surface area contributed by atoms with E-state index in [0.717, 1.165) is 18.9 Å². The summed E-state index contributed by atoms with van der Waals surface area (Å²) >= 11 is 0. The topological polar surface area (TPSA) is 19.4 Å². The summed E-state index contributed by atoms with van der Waals surface area (Å²) in [5, 5.41) is 0. The van der Waals surface area contributed by atoms with Crippen molar-refractivity contribution in [2.24, 2.45) is 0 Å². The number of rotatable bonds is 4. The fourth-order valence-corrected chi connectivity index (χ4v) is 1.56. The minimum atomic E-state index is 0.181. The Morgan fingerprint density at radius 3 is 2.29 bits per heavy atom. The molecule has 0 amide bonds. The summed E-state index contributed by atoms with van der Waals surface area (Å²) in [6, 6.07) is 4.29. The van der Waals surface area contributed by atoms with Crippen LogP contribution in [0.4, 0.5) is 5.82 Å². The van der Waals surface area contributed by atoms with Crippen molar-refractivity contribution in [3.63, 3.8) is 0 Å². The summed E-state index contributed by atoms with van der Waals surface area (Å²) in [7, 11) is 6.28. The lowest BCUT2D eigenvalue weighted by atomic mass is 9.88. The van der Waals surface area contributed by atoms with Gasteiger partial charge in [-0.25, -0.2) is 4.98 Å². The highest BCUT2D eigenvalue weighted by Gasteiger charge is 2.15. The molecule has 0 fully saturated rings. The van der Waals surface area contributed by atoms with Crippen LogP contribution in [0, 0.1) is 0 Å². The third-order valence-electron chi connectivity index (χ3n) is 2.89. The second-order valence-corrected chi connectivity index (χ2v) is 5.88. The Bertz CT molecular complexity index is 353. The molecule has 17 heavy (non-hydrogen) atoms. The van der Waals surface area contributed by atoms with Crippen molar-refractivity contribution in [3.8, 4) is 0 Å². The van der Waals surface area contributed by atoms with Crippen molar-refractivity contribution in [1.82, 2.24) is 9.88 Å². The van der Waals surface area contributed by atoms with E-state index in [1.54, 1.807) is 0 Å². The van der Waals surface area contributed by atoms with E-state index >= 15 is 0 Å². The van der Waals surface area contributed by atoms with Crippen LogP contribution in [0.5, 0.6) is 0 Å². The zero-order valence-electron chi connectivity index (χ0n) is 12.0. The zero-order valence-corrected chi connectivity index (χ0v) is 12.0. The molecule has 0 saturated heterocycles. The monoisotopic (exact) mass is 235 g/mol. The fraction of sp³-hybridized carbons (Fsp3) is 0.643. The van der Waals surface area contributed by atoms with Crippen LogP contribution < -0.4 is 4.90 Å². The van der Waals surface area contributed by atoms with Crippen LogP contribution >= 0.6 is 0 Å². The molecule has 3 nitrogen and oxygen atoms in total. The molecule has 0 bridgehead atoms. The standard InChI is InChI=1S/C14H25N3/c1-14(2,3)12-7-8-15-13(11-12)17(6)10-9-16(4)5/h7-8,11H,9-10H2,1-6H3. The highest BCUT2D eigenvalue weighted by molar-refractivity contribution is 5.42. The van der Waals surface area contributed by atoms with Crippen molar-refractivity contribution in [3.05, 3.63) is 23.9 Å². The summed E-state index contributed by atoms with van der Waals surface area (Å²) < 4.78 is 0. The third-order valence-corrected chi connectivity index (χ3v) is 2.89. The van der Waals surface area contributed by atoms with Gasteiger partial charge in [0.15, 0.2) is 0 Å². The number of hydrogen-bond acceptors (Lipinski definition) is 3. The number of pyridine rings is 1. The van der Waals surface area contributed by atoms with Gasteiger partial charge in [0.25, 0.3) is 0 Å². The summed E-state index contributed by atoms with van der Waals surface area (Å²) in [5.74, 6) is 1.05. The Morgan fingerprint density at radius 1 is 1.12 bits per heavy atom. The molecule has 0 aliphatic rings. The first-order valence-corrected chi connectivity index (χ1v) is 6.13. The molecule has 0 radical (unpaired) electrons. The van der Waals surface area contributed by atoms with E-state index in [1.165, 1.54) is 5.56 Å². The van der Waals surface area contributed by atoms with Crippen LogP contribution in [0.15, 0.2) is 18.3 Å². The highest BCUT2D eigenvalue weighted by Crippen LogP contribution is 2.24. The van der Waals surface area contributed by atoms with Crippen molar-refractivity contribution in [1.29, 1.82) is 0 Å². The number of hydrogen-bond donors (Lipinski definition) is 0. The number of aromatic nitrogens is 1. The second-order valence-electron chi connectivity index (χ2n) is 5.88. The van der Waals surface area contributed by atoms with Crippen molar-refractivity contribution < 1.29 is 0 Å². The minimum absolute atomic E-state index is 0.181. The largest absolute Gasteiger partial charge is 0.358 e. The Labute approximate surface area is 105 Å². The van der Waals surface area contributed by atoms with E-state index in [0.29, 0.717) is 0 Å². The van der Waals surface area contributed by atoms with E-state index in [9.17, 15) is 0 Å². The molecule has 0 unspecified atom stereocenters. The predicted octanol–water partition coefficient (Wildman–Crippen LogP) is 2.38. The average Bonchev–Trinajstić information content (AvgIpc) is 2.25. The van der Waals surface area contributed by atoms with Crippen LogP contribution in [0.25, 0.3) is 0 Å². The van der Waals surface area contributed by atoms with Gasteiger partial charge in [-0.05, 0) is 37.2 Å². The van der Waals surface area contributed by atoms with Crippen LogP contribution in [0.1, 0.15) is 26.3 Å². The quantitative estimate of drug-likeness (QED) is 0.799. The van der Waals surface area contributed by atoms with Gasteiger partial charge in [-0.15, -0.1) is 0 Å². The van der Waals surface area contributed by atoms with Crippen molar-refractivity contribution in [2.45, 2.75) is 26.2 Å². The van der Waals surface area contributed by atoms with E-state index in [4.69, 9.17) is 0 Å². The molecule has 96 valence electrons. The van der Waals surface area contributed by atoms with Gasteiger partial charge in [0.1, 0.15) is 5.82 Å². The Kier molecular flexibility index (Phi) is 4.52. The van der Waals surface area contributed by atoms with Gasteiger partial charge < -0.3 is 9.80 Å². The molecule has 1 rings (SSSR count). The Hall–Kier alpha value is -1.09. The molecule has 1 aromatic heterocycles. The Balaban J connectivity index is 2.77. The first-order chi connectivity index (χ1) is 7.80. The second kappa shape index (κ2) is 5.50. The molecule has 0 atom stereocenters. The third kappa shape index (κ3) is 4.35. The van der Waals surface area contributed by atoms with Crippen molar-refractivity contribution >= 4 is 5.82 Å². The van der Waals surface area contributed by atoms with Gasteiger partial charge in [0.2, 0.25) is 0 Å². The molecular weight excluding hydrogens is 210 g/mol. The van der Waals surface area contributed by atoms with Gasteiger partial charge in [0, 0.05) is 26.3 Å². The number of anilines is 1. The smallest absolute Gasteiger partial charge is 0.128 e. The van der Waals surface area contributed by atoms with Crippen LogP contribution in [0.3, 0.4) is 0 Å². The van der Waals surface area contributed by atoms with Gasteiger partial charge in [0.05, 0.1) is 0 Å². The molecule has 0 spiro atoms. The molecule has 1 aromatic rings. The van der Waals surface area contributed by atoms with Gasteiger partial charge in [-0.1, -0.05) is 20.8 Å². The molecular formula is C14H25N3. The summed E-state index contributed by atoms with van der Waals surface area (Å²) in [4.78, 5) is 8.83. The first-order valence-electron chi connectivity index (χ1n) is 6.13. The fourth-order valence-electron chi connectivity index (χ4n) is 1.56. The lowest BCUT2D eigenvalue weighted by Gasteiger charge is -2.24.